The molecule has 0 aliphatic carbocycles. The van der Waals surface area contributed by atoms with Crippen molar-refractivity contribution in [2.45, 2.75) is 33.2 Å². The highest BCUT2D eigenvalue weighted by molar-refractivity contribution is 5.93. The summed E-state index contributed by atoms with van der Waals surface area (Å²) >= 11 is 0. The van der Waals surface area contributed by atoms with Gasteiger partial charge >= 0.3 is 0 Å². The van der Waals surface area contributed by atoms with Crippen molar-refractivity contribution in [2.75, 3.05) is 0 Å². The molecule has 5 nitrogen and oxygen atoms in total. The predicted molar refractivity (Wildman–Crippen MR) is 46.3 cm³/mol. The minimum Gasteiger partial charge on any atom is -0.346 e. The normalized spacial score (nSPS) is 11.4. The molecule has 1 N–H and O–H groups in total. The van der Waals surface area contributed by atoms with Gasteiger partial charge in [0, 0.05) is 5.54 Å². The lowest BCUT2D eigenvalue weighted by atomic mass is 10.1. The van der Waals surface area contributed by atoms with E-state index in [0.29, 0.717) is 5.69 Å². The second kappa shape index (κ2) is 3.16. The number of aryl methyl sites for hydroxylation is 1. The van der Waals surface area contributed by atoms with Crippen molar-refractivity contribution >= 4 is 5.91 Å². The third-order valence-electron chi connectivity index (χ3n) is 1.36. The number of amides is 1. The lowest BCUT2D eigenvalue weighted by Crippen LogP contribution is -2.41. The molecule has 5 heteroatoms. The van der Waals surface area contributed by atoms with Crippen LogP contribution in [-0.2, 0) is 0 Å². The van der Waals surface area contributed by atoms with Crippen molar-refractivity contribution in [3.8, 4) is 0 Å². The quantitative estimate of drug-likeness (QED) is 0.702. The van der Waals surface area contributed by atoms with E-state index in [2.05, 4.69) is 20.3 Å². The van der Waals surface area contributed by atoms with Gasteiger partial charge in [0.05, 0.1) is 0 Å². The van der Waals surface area contributed by atoms with Crippen LogP contribution in [0.2, 0.25) is 0 Å². The Kier molecular flexibility index (Phi) is 2.36. The summed E-state index contributed by atoms with van der Waals surface area (Å²) in [7, 11) is 0. The minimum absolute atomic E-state index is 0.245. The number of nitrogens with one attached hydrogen (secondary N) is 1. The first kappa shape index (κ1) is 9.70. The zero-order chi connectivity index (χ0) is 10.1. The number of aromatic nitrogens is 2. The molecule has 0 atom stereocenters. The third-order valence-corrected chi connectivity index (χ3v) is 1.36. The van der Waals surface area contributed by atoms with Crippen LogP contribution in [0.4, 0.5) is 0 Å². The average Bonchev–Trinajstić information content (AvgIpc) is 2.30. The van der Waals surface area contributed by atoms with Crippen molar-refractivity contribution < 1.29 is 9.42 Å². The van der Waals surface area contributed by atoms with Crippen molar-refractivity contribution in [2.24, 2.45) is 0 Å². The molecule has 0 spiro atoms. The molecule has 0 aromatic carbocycles. The first-order valence-electron chi connectivity index (χ1n) is 4.02. The van der Waals surface area contributed by atoms with Gasteiger partial charge in [-0.3, -0.25) is 4.79 Å². The number of nitrogens with zero attached hydrogens (tertiary/aromatic N) is 2. The molecule has 0 bridgehead atoms. The van der Waals surface area contributed by atoms with Gasteiger partial charge in [-0.1, -0.05) is 5.16 Å². The maximum absolute atomic E-state index is 11.5. The predicted octanol–water partition coefficient (Wildman–Crippen LogP) is 0.906. The summed E-state index contributed by atoms with van der Waals surface area (Å²) in [4.78, 5) is 11.5. The SMILES string of the molecule is Cc1nonc1C(=O)NC(C)(C)C. The maximum Gasteiger partial charge on any atom is 0.275 e. The van der Waals surface area contributed by atoms with Crippen molar-refractivity contribution in [1.82, 2.24) is 15.6 Å². The molecule has 0 radical (unpaired) electrons. The monoisotopic (exact) mass is 183 g/mol. The summed E-state index contributed by atoms with van der Waals surface area (Å²) in [5.41, 5.74) is 0.472. The molecule has 1 aromatic heterocycles. The maximum atomic E-state index is 11.5. The number of hydrogen-bond acceptors (Lipinski definition) is 4. The smallest absolute Gasteiger partial charge is 0.275 e. The first-order chi connectivity index (χ1) is 5.90. The highest BCUT2D eigenvalue weighted by Gasteiger charge is 2.20. The number of hydrogen-bond donors (Lipinski definition) is 1. The van der Waals surface area contributed by atoms with Crippen LogP contribution in [-0.4, -0.2) is 21.8 Å². The number of carbonyl (C=O) groups excluding carboxylic acids is 1. The van der Waals surface area contributed by atoms with Gasteiger partial charge in [-0.15, -0.1) is 0 Å². The molecule has 0 saturated heterocycles. The van der Waals surface area contributed by atoms with Gasteiger partial charge in [-0.25, -0.2) is 4.63 Å². The Balaban J connectivity index is 2.76. The van der Waals surface area contributed by atoms with E-state index in [0.717, 1.165) is 0 Å². The molecule has 0 saturated carbocycles. The second-order valence-electron chi connectivity index (χ2n) is 3.90. The topological polar surface area (TPSA) is 68.0 Å². The first-order valence-corrected chi connectivity index (χ1v) is 4.02. The van der Waals surface area contributed by atoms with Gasteiger partial charge in [0.2, 0.25) is 0 Å². The van der Waals surface area contributed by atoms with Gasteiger partial charge in [0.25, 0.3) is 5.91 Å². The van der Waals surface area contributed by atoms with Crippen LogP contribution < -0.4 is 5.32 Å². The Morgan fingerprint density at radius 3 is 2.38 bits per heavy atom. The highest BCUT2D eigenvalue weighted by atomic mass is 16.6. The Morgan fingerprint density at radius 1 is 1.38 bits per heavy atom. The Morgan fingerprint density at radius 2 is 2.00 bits per heavy atom. The lowest BCUT2D eigenvalue weighted by Gasteiger charge is -2.19. The largest absolute Gasteiger partial charge is 0.346 e. The zero-order valence-electron chi connectivity index (χ0n) is 8.21. The van der Waals surface area contributed by atoms with E-state index in [9.17, 15) is 4.79 Å². The molecular weight excluding hydrogens is 170 g/mol. The van der Waals surface area contributed by atoms with Gasteiger partial charge in [-0.05, 0) is 32.9 Å². The fourth-order valence-electron chi connectivity index (χ4n) is 0.837. The van der Waals surface area contributed by atoms with E-state index in [1.165, 1.54) is 0 Å². The van der Waals surface area contributed by atoms with Gasteiger partial charge in [0.1, 0.15) is 5.69 Å². The van der Waals surface area contributed by atoms with Crippen LogP contribution in [0, 0.1) is 6.92 Å². The molecule has 0 unspecified atom stereocenters. The standard InChI is InChI=1S/C8H13N3O2/c1-5-6(11-13-10-5)7(12)9-8(2,3)4/h1-4H3,(H,9,12). The average molecular weight is 183 g/mol. The van der Waals surface area contributed by atoms with Gasteiger partial charge < -0.3 is 5.32 Å². The van der Waals surface area contributed by atoms with E-state index >= 15 is 0 Å². The number of rotatable bonds is 1. The molecule has 1 amide bonds. The molecule has 1 heterocycles. The van der Waals surface area contributed by atoms with Crippen molar-refractivity contribution in [1.29, 1.82) is 0 Å². The van der Waals surface area contributed by atoms with E-state index in [4.69, 9.17) is 0 Å². The zero-order valence-corrected chi connectivity index (χ0v) is 8.21. The van der Waals surface area contributed by atoms with Crippen LogP contribution in [0.15, 0.2) is 4.63 Å². The van der Waals surface area contributed by atoms with Crippen LogP contribution in [0.1, 0.15) is 37.0 Å². The number of carbonyl (C=O) groups is 1. The molecule has 0 fully saturated rings. The second-order valence-corrected chi connectivity index (χ2v) is 3.90. The summed E-state index contributed by atoms with van der Waals surface area (Å²) in [6.07, 6.45) is 0. The Hall–Kier alpha value is -1.39. The molecule has 1 rings (SSSR count). The Bertz CT molecular complexity index is 311. The summed E-state index contributed by atoms with van der Waals surface area (Å²) in [6.45, 7) is 7.36. The molecule has 1 aromatic rings. The fourth-order valence-corrected chi connectivity index (χ4v) is 0.837. The summed E-state index contributed by atoms with van der Waals surface area (Å²) in [5, 5.41) is 9.78. The lowest BCUT2D eigenvalue weighted by molar-refractivity contribution is 0.0909. The third kappa shape index (κ3) is 2.54. The van der Waals surface area contributed by atoms with E-state index in [1.54, 1.807) is 6.92 Å². The Labute approximate surface area is 76.5 Å². The molecular formula is C8H13N3O2. The molecule has 13 heavy (non-hydrogen) atoms. The van der Waals surface area contributed by atoms with Crippen LogP contribution in [0.25, 0.3) is 0 Å². The van der Waals surface area contributed by atoms with Crippen LogP contribution in [0.3, 0.4) is 0 Å². The molecule has 72 valence electrons. The summed E-state index contributed by atoms with van der Waals surface area (Å²) in [6, 6.07) is 0. The van der Waals surface area contributed by atoms with Crippen LogP contribution >= 0.6 is 0 Å². The van der Waals surface area contributed by atoms with Crippen LogP contribution in [0.5, 0.6) is 0 Å². The van der Waals surface area contributed by atoms with Crippen molar-refractivity contribution in [3.63, 3.8) is 0 Å². The summed E-state index contributed by atoms with van der Waals surface area (Å²) < 4.78 is 4.42. The van der Waals surface area contributed by atoms with Crippen molar-refractivity contribution in [3.05, 3.63) is 11.4 Å². The molecule has 0 aliphatic heterocycles. The van der Waals surface area contributed by atoms with E-state index in [-0.39, 0.29) is 17.1 Å². The van der Waals surface area contributed by atoms with E-state index in [1.807, 2.05) is 20.8 Å². The summed E-state index contributed by atoms with van der Waals surface area (Å²) in [5.74, 6) is -0.258. The van der Waals surface area contributed by atoms with Gasteiger partial charge in [-0.2, -0.15) is 0 Å². The molecule has 0 aliphatic rings. The van der Waals surface area contributed by atoms with E-state index < -0.39 is 0 Å². The fraction of sp³-hybridized carbons (Fsp3) is 0.625. The minimum atomic E-state index is -0.275. The van der Waals surface area contributed by atoms with Gasteiger partial charge in [0.15, 0.2) is 5.69 Å². The highest BCUT2D eigenvalue weighted by Crippen LogP contribution is 2.04.